The third kappa shape index (κ3) is 4.68. The van der Waals surface area contributed by atoms with Crippen molar-refractivity contribution in [3.8, 4) is 5.75 Å². The molecule has 1 amide bonds. The summed E-state index contributed by atoms with van der Waals surface area (Å²) in [6.07, 6.45) is 5.69. The van der Waals surface area contributed by atoms with Crippen LogP contribution in [0.1, 0.15) is 30.5 Å². The molecule has 0 aliphatic carbocycles. The Hall–Kier alpha value is -3.65. The lowest BCUT2D eigenvalue weighted by atomic mass is 9.95. The molecular formula is C25H23ClFN3O4. The number of benzene rings is 2. The number of Topliss-reactive ketones (excluding diaryl/α,β-unsaturated/α-hetero) is 1. The van der Waals surface area contributed by atoms with Crippen LogP contribution in [0, 0.1) is 5.82 Å². The summed E-state index contributed by atoms with van der Waals surface area (Å²) in [5, 5.41) is 11.4. The Morgan fingerprint density at radius 3 is 2.59 bits per heavy atom. The number of carbonyl (C=O) groups is 2. The number of amides is 1. The van der Waals surface area contributed by atoms with Gasteiger partial charge in [0.1, 0.15) is 17.3 Å². The van der Waals surface area contributed by atoms with Crippen molar-refractivity contribution in [3.05, 3.63) is 88.7 Å². The van der Waals surface area contributed by atoms with E-state index in [4.69, 9.17) is 16.3 Å². The quantitative estimate of drug-likeness (QED) is 0.288. The summed E-state index contributed by atoms with van der Waals surface area (Å²) < 4.78 is 20.9. The van der Waals surface area contributed by atoms with Gasteiger partial charge in [-0.05, 0) is 49.2 Å². The number of nitrogens with zero attached hydrogens (tertiary/aromatic N) is 3. The number of hydrogen-bond donors (Lipinski definition) is 1. The lowest BCUT2D eigenvalue weighted by Gasteiger charge is -2.25. The topological polar surface area (TPSA) is 84.7 Å². The molecule has 0 bridgehead atoms. The molecule has 1 aromatic heterocycles. The van der Waals surface area contributed by atoms with E-state index in [1.165, 1.54) is 35.2 Å². The summed E-state index contributed by atoms with van der Waals surface area (Å²) in [6, 6.07) is 9.31. The molecule has 1 aliphatic heterocycles. The Kier molecular flexibility index (Phi) is 6.98. The van der Waals surface area contributed by atoms with Crippen molar-refractivity contribution in [2.24, 2.45) is 0 Å². The fraction of sp³-hybridized carbons (Fsp3) is 0.240. The van der Waals surface area contributed by atoms with Gasteiger partial charge in [-0.2, -0.15) is 0 Å². The fourth-order valence-electron chi connectivity index (χ4n) is 4.02. The molecule has 2 heterocycles. The molecule has 1 atom stereocenters. The molecule has 7 nitrogen and oxygen atoms in total. The Bertz CT molecular complexity index is 1230. The number of aliphatic hydroxyl groups is 1. The normalized spacial score (nSPS) is 17.4. The maximum atomic E-state index is 13.6. The van der Waals surface area contributed by atoms with Gasteiger partial charge in [0.25, 0.3) is 11.7 Å². The lowest BCUT2D eigenvalue weighted by molar-refractivity contribution is -0.139. The van der Waals surface area contributed by atoms with Crippen LogP contribution in [0.5, 0.6) is 5.75 Å². The zero-order valence-corrected chi connectivity index (χ0v) is 19.2. The Labute approximate surface area is 201 Å². The SMILES string of the molecule is CCOc1ccc(C(O)=C2C(=O)C(=O)N(CCCn3ccnc3)[C@H]2c2ccc(F)cc2)cc1Cl. The van der Waals surface area contributed by atoms with E-state index in [0.29, 0.717) is 30.9 Å². The molecule has 0 unspecified atom stereocenters. The Morgan fingerprint density at radius 1 is 1.18 bits per heavy atom. The number of aromatic nitrogens is 2. The predicted octanol–water partition coefficient (Wildman–Crippen LogP) is 4.59. The van der Waals surface area contributed by atoms with Gasteiger partial charge in [0.15, 0.2) is 0 Å². The highest BCUT2D eigenvalue weighted by Crippen LogP contribution is 2.40. The Morgan fingerprint density at radius 2 is 1.94 bits per heavy atom. The van der Waals surface area contributed by atoms with Crippen LogP contribution in [0.25, 0.3) is 5.76 Å². The van der Waals surface area contributed by atoms with Gasteiger partial charge in [0.2, 0.25) is 0 Å². The molecule has 2 aromatic carbocycles. The van der Waals surface area contributed by atoms with Gasteiger partial charge in [0, 0.05) is 31.0 Å². The summed E-state index contributed by atoms with van der Waals surface area (Å²) >= 11 is 6.27. The van der Waals surface area contributed by atoms with Gasteiger partial charge in [-0.1, -0.05) is 23.7 Å². The molecule has 3 aromatic rings. The minimum absolute atomic E-state index is 0.0699. The number of aliphatic hydroxyl groups excluding tert-OH is 1. The molecular weight excluding hydrogens is 461 g/mol. The van der Waals surface area contributed by atoms with Crippen LogP contribution in [0.2, 0.25) is 5.02 Å². The van der Waals surface area contributed by atoms with Crippen LogP contribution >= 0.6 is 11.6 Å². The van der Waals surface area contributed by atoms with E-state index in [2.05, 4.69) is 4.98 Å². The molecule has 9 heteroatoms. The first-order chi connectivity index (χ1) is 16.4. The molecule has 1 fully saturated rings. The molecule has 1 saturated heterocycles. The van der Waals surface area contributed by atoms with Crippen LogP contribution in [0.15, 0.2) is 66.8 Å². The van der Waals surface area contributed by atoms with Gasteiger partial charge in [-0.25, -0.2) is 9.37 Å². The van der Waals surface area contributed by atoms with Crippen molar-refractivity contribution < 1.29 is 23.8 Å². The van der Waals surface area contributed by atoms with E-state index in [-0.39, 0.29) is 28.5 Å². The minimum atomic E-state index is -0.867. The number of aryl methyl sites for hydroxylation is 1. The number of carbonyl (C=O) groups excluding carboxylic acids is 2. The van der Waals surface area contributed by atoms with Gasteiger partial charge in [-0.3, -0.25) is 9.59 Å². The zero-order valence-electron chi connectivity index (χ0n) is 18.4. The summed E-state index contributed by atoms with van der Waals surface area (Å²) in [6.45, 7) is 3.08. The standard InChI is InChI=1S/C25H23ClFN3O4/c1-2-34-20-9-6-17(14-19(20)26)23(31)21-22(16-4-7-18(27)8-5-16)30(25(33)24(21)32)12-3-11-29-13-10-28-15-29/h4-10,13-15,22,31H,2-3,11-12H2,1H3/t22-/m0/s1. The second-order valence-corrected chi connectivity index (χ2v) is 8.18. The second-order valence-electron chi connectivity index (χ2n) is 7.78. The van der Waals surface area contributed by atoms with Gasteiger partial charge in [-0.15, -0.1) is 0 Å². The van der Waals surface area contributed by atoms with Crippen LogP contribution in [0.3, 0.4) is 0 Å². The summed E-state index contributed by atoms with van der Waals surface area (Å²) in [7, 11) is 0. The van der Waals surface area contributed by atoms with Crippen molar-refractivity contribution in [1.82, 2.24) is 14.5 Å². The first kappa shape index (κ1) is 23.5. The molecule has 0 radical (unpaired) electrons. The molecule has 0 saturated carbocycles. The lowest BCUT2D eigenvalue weighted by Crippen LogP contribution is -2.31. The summed E-state index contributed by atoms with van der Waals surface area (Å²) in [5.74, 6) is -1.89. The highest BCUT2D eigenvalue weighted by molar-refractivity contribution is 6.46. The van der Waals surface area contributed by atoms with Crippen molar-refractivity contribution >= 4 is 29.1 Å². The minimum Gasteiger partial charge on any atom is -0.507 e. The van der Waals surface area contributed by atoms with Crippen molar-refractivity contribution in [3.63, 3.8) is 0 Å². The molecule has 34 heavy (non-hydrogen) atoms. The average molecular weight is 484 g/mol. The van der Waals surface area contributed by atoms with E-state index in [1.54, 1.807) is 30.9 Å². The monoisotopic (exact) mass is 483 g/mol. The number of ketones is 1. The van der Waals surface area contributed by atoms with Gasteiger partial charge < -0.3 is 19.3 Å². The largest absolute Gasteiger partial charge is 0.507 e. The molecule has 1 aliphatic rings. The maximum absolute atomic E-state index is 13.6. The zero-order chi connectivity index (χ0) is 24.2. The average Bonchev–Trinajstić information content (AvgIpc) is 3.43. The molecule has 1 N–H and O–H groups in total. The predicted molar refractivity (Wildman–Crippen MR) is 125 cm³/mol. The van der Waals surface area contributed by atoms with Crippen LogP contribution in [-0.4, -0.2) is 44.4 Å². The number of hydrogen-bond acceptors (Lipinski definition) is 5. The molecule has 176 valence electrons. The number of ether oxygens (including phenoxy) is 1. The van der Waals surface area contributed by atoms with E-state index in [1.807, 2.05) is 11.5 Å². The van der Waals surface area contributed by atoms with E-state index >= 15 is 0 Å². The number of imidazole rings is 1. The van der Waals surface area contributed by atoms with Crippen molar-refractivity contribution in [1.29, 1.82) is 0 Å². The van der Waals surface area contributed by atoms with Crippen molar-refractivity contribution in [2.75, 3.05) is 13.2 Å². The molecule has 0 spiro atoms. The van der Waals surface area contributed by atoms with Crippen LogP contribution in [-0.2, 0) is 16.1 Å². The smallest absolute Gasteiger partial charge is 0.295 e. The van der Waals surface area contributed by atoms with Crippen LogP contribution < -0.4 is 4.74 Å². The van der Waals surface area contributed by atoms with E-state index in [9.17, 15) is 19.1 Å². The highest BCUT2D eigenvalue weighted by atomic mass is 35.5. The third-order valence-electron chi connectivity index (χ3n) is 5.61. The van der Waals surface area contributed by atoms with Crippen molar-refractivity contribution in [2.45, 2.75) is 25.9 Å². The first-order valence-corrected chi connectivity index (χ1v) is 11.2. The fourth-order valence-corrected chi connectivity index (χ4v) is 4.26. The first-order valence-electron chi connectivity index (χ1n) is 10.8. The summed E-state index contributed by atoms with van der Waals surface area (Å²) in [4.78, 5) is 31.5. The highest BCUT2D eigenvalue weighted by Gasteiger charge is 2.45. The number of halogens is 2. The maximum Gasteiger partial charge on any atom is 0.295 e. The van der Waals surface area contributed by atoms with E-state index < -0.39 is 23.5 Å². The number of rotatable bonds is 8. The Balaban J connectivity index is 1.73. The molecule has 4 rings (SSSR count). The van der Waals surface area contributed by atoms with Crippen LogP contribution in [0.4, 0.5) is 4.39 Å². The second kappa shape index (κ2) is 10.1. The third-order valence-corrected chi connectivity index (χ3v) is 5.90. The van der Waals surface area contributed by atoms with Gasteiger partial charge >= 0.3 is 0 Å². The van der Waals surface area contributed by atoms with Gasteiger partial charge in [0.05, 0.1) is 29.6 Å². The van der Waals surface area contributed by atoms with E-state index in [0.717, 1.165) is 0 Å². The summed E-state index contributed by atoms with van der Waals surface area (Å²) in [5.41, 5.74) is 0.721. The number of likely N-dealkylation sites (tertiary alicyclic amines) is 1.